The smallest absolute Gasteiger partial charge is 0.364 e. The molecule has 5 amide bonds. The average molecular weight is 1840 g/mol. The number of ether oxygens (including phenoxy) is 17. The summed E-state index contributed by atoms with van der Waals surface area (Å²) in [7, 11) is 0. The molecular weight excluding hydrogens is 1730 g/mol. The maximum atomic E-state index is 13.5. The summed E-state index contributed by atoms with van der Waals surface area (Å²) >= 11 is 0. The van der Waals surface area contributed by atoms with Crippen LogP contribution in [0, 0.1) is 0 Å². The van der Waals surface area contributed by atoms with Gasteiger partial charge in [0.25, 0.3) is 11.6 Å². The first-order valence-electron chi connectivity index (χ1n) is 39.7. The van der Waals surface area contributed by atoms with E-state index in [-0.39, 0.29) is 0 Å². The Hall–Kier alpha value is -5.39. The van der Waals surface area contributed by atoms with Gasteiger partial charge in [0.15, 0.2) is 44.0 Å². The summed E-state index contributed by atoms with van der Waals surface area (Å²) in [5.41, 5.74) is 0. The number of aliphatic carboxylic acids is 2. The number of carboxylic acid groups (broad SMARTS) is 2. The Labute approximate surface area is 712 Å². The summed E-state index contributed by atoms with van der Waals surface area (Å²) in [5.74, 6) is -15.7. The fraction of sp³-hybridized carbons (Fsp3) is 0.900. The fourth-order valence-electron chi connectivity index (χ4n) is 16.2. The summed E-state index contributed by atoms with van der Waals surface area (Å²) < 4.78 is 100. The van der Waals surface area contributed by atoms with Crippen LogP contribution < -0.4 is 26.6 Å². The molecule has 47 atom stereocenters. The van der Waals surface area contributed by atoms with Crippen molar-refractivity contribution in [3.8, 4) is 0 Å². The molecule has 9 saturated heterocycles. The van der Waals surface area contributed by atoms with Gasteiger partial charge < -0.3 is 245 Å². The Morgan fingerprint density at radius 3 is 1.10 bits per heavy atom. The van der Waals surface area contributed by atoms with Crippen molar-refractivity contribution in [3.05, 3.63) is 0 Å². The van der Waals surface area contributed by atoms with Crippen molar-refractivity contribution in [3.63, 3.8) is 0 Å². The highest BCUT2D eigenvalue weighted by Gasteiger charge is 2.65. The number of rotatable bonds is 35. The van der Waals surface area contributed by atoms with Crippen LogP contribution in [0.4, 0.5) is 0 Å². The highest BCUT2D eigenvalue weighted by molar-refractivity contribution is 5.78. The lowest BCUT2D eigenvalue weighted by atomic mass is 9.88. The van der Waals surface area contributed by atoms with Gasteiger partial charge in [-0.3, -0.25) is 24.0 Å². The van der Waals surface area contributed by atoms with Crippen molar-refractivity contribution in [1.82, 2.24) is 26.6 Å². The van der Waals surface area contributed by atoms with Crippen molar-refractivity contribution >= 4 is 41.5 Å². The average Bonchev–Trinajstić information content (AvgIpc) is 0.744. The molecular formula is C70H115N5O51. The van der Waals surface area contributed by atoms with E-state index in [9.17, 15) is 171 Å². The predicted octanol–water partition coefficient (Wildman–Crippen LogP) is -20.5. The van der Waals surface area contributed by atoms with Gasteiger partial charge in [-0.1, -0.05) is 0 Å². The predicted molar refractivity (Wildman–Crippen MR) is 388 cm³/mol. The summed E-state index contributed by atoms with van der Waals surface area (Å²) in [6, 6.07) is -9.46. The Balaban J connectivity index is 0.964. The number of aliphatic hydroxyl groups is 25. The van der Waals surface area contributed by atoms with E-state index in [1.54, 1.807) is 0 Å². The molecule has 9 fully saturated rings. The molecule has 32 N–H and O–H groups in total. The maximum Gasteiger partial charge on any atom is 0.364 e. The van der Waals surface area contributed by atoms with Crippen LogP contribution in [0.15, 0.2) is 0 Å². The number of amides is 5. The molecule has 9 rings (SSSR count). The Bertz CT molecular complexity index is 3560. The van der Waals surface area contributed by atoms with Gasteiger partial charge in [0.05, 0.1) is 83.3 Å². The SMILES string of the molecule is CC(=O)N[C@@H]1[C@@H](O[C@@H]2O[C@H](CO)[C@H](O)[C@H](O[C@]3(C(=O)O)C[C@H](O)[C@@H](NC(C)=O)[C@H]([C@H](O)[C@H](O)CO)O3)[C@H]2O)[C@@H](O)[C@@H](CO[C@@H]2O[C@H](CO)[C@@H](O[C@@H]3O[C@H](CO)[C@H](O)[C@H](O[C@@H]4O[C@H](CO)[C@@H](O[C@@H]5O[C@H](CO)[C@H](O)[C@H](O[C@]6(C(=O)O)C[C@H](O)[C@@H](NC(C)=O)[C@H]([C@H](O)[C@H](O)CO)O6)[C@H]5O)[C@H](O[C@@H]5O[C@@H](C)[C@@H](O)[C@@H](O)[C@@H]5O)[C@H]4NC(C)=O)[C@H]3O)[C@H](O)[C@H]2NC(C)=O)O[C@@H]1O. The second-order valence-electron chi connectivity index (χ2n) is 31.7. The van der Waals surface area contributed by atoms with Crippen molar-refractivity contribution in [2.24, 2.45) is 0 Å². The molecule has 9 aliphatic rings. The van der Waals surface area contributed by atoms with E-state index in [1.807, 2.05) is 0 Å². The number of carbonyl (C=O) groups excluding carboxylic acids is 5. The van der Waals surface area contributed by atoms with Crippen LogP contribution in [0.3, 0.4) is 0 Å². The number of carbonyl (C=O) groups is 7. The number of nitrogens with one attached hydrogen (secondary N) is 5. The molecule has 0 bridgehead atoms. The zero-order chi connectivity index (χ0) is 93.6. The van der Waals surface area contributed by atoms with Crippen molar-refractivity contribution < 1.29 is 252 Å². The normalized spacial score (nSPS) is 45.7. The zero-order valence-corrected chi connectivity index (χ0v) is 67.9. The monoisotopic (exact) mass is 1840 g/mol. The number of hydrogen-bond acceptors (Lipinski definition) is 49. The topological polar surface area (TPSA) is 883 Å². The molecule has 9 aliphatic heterocycles. The van der Waals surface area contributed by atoms with Gasteiger partial charge in [-0.25, -0.2) is 9.59 Å². The Morgan fingerprint density at radius 1 is 0.341 bits per heavy atom. The third kappa shape index (κ3) is 22.9. The second-order valence-corrected chi connectivity index (χ2v) is 31.7. The van der Waals surface area contributed by atoms with Crippen LogP contribution in [0.5, 0.6) is 0 Å². The van der Waals surface area contributed by atoms with Crippen molar-refractivity contribution in [1.29, 1.82) is 0 Å². The van der Waals surface area contributed by atoms with Crippen LogP contribution in [-0.2, 0) is 114 Å². The Morgan fingerprint density at radius 2 is 0.683 bits per heavy atom. The van der Waals surface area contributed by atoms with E-state index in [0.717, 1.165) is 34.6 Å². The zero-order valence-electron chi connectivity index (χ0n) is 67.9. The largest absolute Gasteiger partial charge is 0.477 e. The molecule has 56 nitrogen and oxygen atoms in total. The third-order valence-corrected chi connectivity index (χ3v) is 22.7. The van der Waals surface area contributed by atoms with E-state index in [0.29, 0.717) is 0 Å². The minimum absolute atomic E-state index is 0.873. The molecule has 0 aliphatic carbocycles. The van der Waals surface area contributed by atoms with Crippen LogP contribution in [0.25, 0.3) is 0 Å². The van der Waals surface area contributed by atoms with E-state index < -0.39 is 394 Å². The lowest BCUT2D eigenvalue weighted by molar-refractivity contribution is -0.399. The number of hydrogen-bond donors (Lipinski definition) is 32. The number of carboxylic acids is 2. The maximum absolute atomic E-state index is 13.5. The van der Waals surface area contributed by atoms with Crippen molar-refractivity contribution in [2.75, 3.05) is 52.9 Å². The fourth-order valence-corrected chi connectivity index (χ4v) is 16.2. The van der Waals surface area contributed by atoms with E-state index in [2.05, 4.69) is 26.6 Å². The quantitative estimate of drug-likeness (QED) is 0.0280. The first-order valence-corrected chi connectivity index (χ1v) is 39.7. The highest BCUT2D eigenvalue weighted by Crippen LogP contribution is 2.44. The van der Waals surface area contributed by atoms with Gasteiger partial charge in [0.2, 0.25) is 29.5 Å². The van der Waals surface area contributed by atoms with Gasteiger partial charge in [-0.05, 0) is 6.92 Å². The molecule has 0 radical (unpaired) electrons. The molecule has 0 aromatic carbocycles. The molecule has 9 heterocycles. The molecule has 0 aromatic heterocycles. The lowest BCUT2D eigenvalue weighted by Gasteiger charge is -2.52. The molecule has 0 saturated carbocycles. The second kappa shape index (κ2) is 44.4. The molecule has 0 unspecified atom stereocenters. The van der Waals surface area contributed by atoms with Crippen LogP contribution in [0.1, 0.15) is 54.4 Å². The van der Waals surface area contributed by atoms with Gasteiger partial charge in [0.1, 0.15) is 201 Å². The highest BCUT2D eigenvalue weighted by atomic mass is 16.8. The van der Waals surface area contributed by atoms with E-state index >= 15 is 0 Å². The van der Waals surface area contributed by atoms with E-state index in [4.69, 9.17) is 80.5 Å². The molecule has 726 valence electrons. The lowest BCUT2D eigenvalue weighted by Crippen LogP contribution is -2.72. The minimum Gasteiger partial charge on any atom is -0.477 e. The summed E-state index contributed by atoms with van der Waals surface area (Å²) in [5, 5.41) is 313. The summed E-state index contributed by atoms with van der Waals surface area (Å²) in [4.78, 5) is 90.4. The van der Waals surface area contributed by atoms with Crippen LogP contribution in [-0.4, -0.2) is 519 Å². The van der Waals surface area contributed by atoms with Gasteiger partial charge in [0, 0.05) is 47.5 Å². The van der Waals surface area contributed by atoms with Gasteiger partial charge in [-0.15, -0.1) is 0 Å². The standard InChI is InChI=1S/C70H115N5O51/c1-17-38(92)46(100)47(101)63(111-17)121-56-37(75-22(6)87)62(117-31(15-82)52(56)119-65-49(103)58(42(96)28(12-79)114-65)125-69(67(106)107)7-23(88)33(71-18(2)83)54(123-69)39(93)25(90)9-76)122-57-41(95)27(11-78)113-64(48(57)102)118-51-30(14-81)116-61(35(45(51)99)73-20(4)85)110-16-32-44(98)53(36(60(105)112-32)74-21(5)86)120-66-50(104)59(43(97)29(13-80)115-66)126-70(68(108)109)8-24(89)34(72-19(3)84)55(124-70)40(94)26(91)10-77/h17,23-66,76-82,88-105H,7-16H2,1-6H3,(H,71,83)(H,72,84)(H,73,85)(H,74,86)(H,75,87)(H,106,107)(H,108,109)/t17-,23-,24-,25+,26+,27+,28+,29+,30+,31+,32+,33+,34+,35+,36+,37+,38+,39+,40+,41-,42-,43-,44-,45+,46+,47-,48+,49+,50+,51+,52+,53+,54+,55+,56+,57-,58-,59-,60-,61+,62-,63-,64-,65-,66-,69-,70-/m0/s1. The van der Waals surface area contributed by atoms with Crippen LogP contribution >= 0.6 is 0 Å². The van der Waals surface area contributed by atoms with Gasteiger partial charge in [-0.2, -0.15) is 0 Å². The summed E-state index contributed by atoms with van der Waals surface area (Å²) in [6.45, 7) is -3.88. The first-order chi connectivity index (χ1) is 59.2. The molecule has 0 spiro atoms. The Kier molecular flexibility index (Phi) is 36.8. The van der Waals surface area contributed by atoms with Gasteiger partial charge >= 0.3 is 11.9 Å². The summed E-state index contributed by atoms with van der Waals surface area (Å²) in [6.07, 6.45) is -90.4. The first kappa shape index (κ1) is 104. The van der Waals surface area contributed by atoms with Crippen molar-refractivity contribution in [2.45, 2.75) is 342 Å². The third-order valence-electron chi connectivity index (χ3n) is 22.7. The number of aliphatic hydroxyl groups excluding tert-OH is 25. The molecule has 56 heteroatoms. The van der Waals surface area contributed by atoms with Crippen LogP contribution in [0.2, 0.25) is 0 Å². The molecule has 0 aromatic rings. The molecule has 126 heavy (non-hydrogen) atoms. The minimum atomic E-state index is -3.34. The van der Waals surface area contributed by atoms with E-state index in [1.165, 1.54) is 6.92 Å².